The fourth-order valence-electron chi connectivity index (χ4n) is 4.14. The Morgan fingerprint density at radius 1 is 0.931 bits per heavy atom. The summed E-state index contributed by atoms with van der Waals surface area (Å²) in [5.74, 6) is 0.793. The fraction of sp³-hybridized carbons (Fsp3) is 0.174. The van der Waals surface area contributed by atoms with E-state index in [0.29, 0.717) is 24.3 Å². The zero-order chi connectivity index (χ0) is 19.8. The predicted molar refractivity (Wildman–Crippen MR) is 113 cm³/mol. The number of fused-ring (bicyclic) bond motifs is 2. The van der Waals surface area contributed by atoms with E-state index >= 15 is 0 Å². The van der Waals surface area contributed by atoms with E-state index in [9.17, 15) is 8.42 Å². The number of benzene rings is 3. The van der Waals surface area contributed by atoms with Crippen LogP contribution in [0.4, 0.5) is 0 Å². The van der Waals surface area contributed by atoms with Gasteiger partial charge in [0.25, 0.3) is 0 Å². The fourth-order valence-corrected chi connectivity index (χ4v) is 5.77. The first kappa shape index (κ1) is 18.1. The number of sulfonamides is 1. The Morgan fingerprint density at radius 2 is 1.66 bits per heavy atom. The van der Waals surface area contributed by atoms with Gasteiger partial charge in [-0.2, -0.15) is 4.31 Å². The van der Waals surface area contributed by atoms with Crippen molar-refractivity contribution in [1.29, 1.82) is 0 Å². The summed E-state index contributed by atoms with van der Waals surface area (Å²) in [6.45, 7) is 0.457. The minimum Gasteiger partial charge on any atom is -0.342 e. The summed E-state index contributed by atoms with van der Waals surface area (Å²) in [7, 11) is -3.61. The molecular formula is C23H21N3O2S. The molecule has 2 heterocycles. The van der Waals surface area contributed by atoms with Crippen LogP contribution in [0.2, 0.25) is 0 Å². The van der Waals surface area contributed by atoms with Gasteiger partial charge in [-0.15, -0.1) is 0 Å². The topological polar surface area (TPSA) is 66.1 Å². The Hall–Kier alpha value is -2.96. The molecule has 1 N–H and O–H groups in total. The van der Waals surface area contributed by atoms with Gasteiger partial charge in [-0.05, 0) is 41.8 Å². The maximum absolute atomic E-state index is 13.5. The Labute approximate surface area is 170 Å². The lowest BCUT2D eigenvalue weighted by atomic mass is 9.92. The Bertz CT molecular complexity index is 1230. The van der Waals surface area contributed by atoms with Gasteiger partial charge >= 0.3 is 0 Å². The number of rotatable bonds is 4. The van der Waals surface area contributed by atoms with Crippen LogP contribution in [0.15, 0.2) is 83.8 Å². The first-order chi connectivity index (χ1) is 14.1. The van der Waals surface area contributed by atoms with Crippen LogP contribution in [0, 0.1) is 0 Å². The molecule has 6 heteroatoms. The third-order valence-electron chi connectivity index (χ3n) is 5.54. The number of H-pyrrole nitrogens is 1. The van der Waals surface area contributed by atoms with E-state index in [4.69, 9.17) is 4.98 Å². The van der Waals surface area contributed by atoms with Crippen molar-refractivity contribution in [3.63, 3.8) is 0 Å². The standard InChI is InChI=1S/C23H21N3O2S/c27-29(28,18-9-2-1-3-10-18)26-15-14-17-8-4-5-11-19(17)22(26)16-23-24-20-12-6-7-13-21(20)25-23/h1-13,22H,14-16H2,(H,24,25). The molecule has 1 atom stereocenters. The molecule has 0 saturated heterocycles. The second-order valence-electron chi connectivity index (χ2n) is 7.30. The number of nitrogens with one attached hydrogen (secondary N) is 1. The van der Waals surface area contributed by atoms with Crippen molar-refractivity contribution >= 4 is 21.1 Å². The van der Waals surface area contributed by atoms with Crippen LogP contribution in [0.1, 0.15) is 23.0 Å². The van der Waals surface area contributed by atoms with Crippen molar-refractivity contribution in [2.75, 3.05) is 6.54 Å². The van der Waals surface area contributed by atoms with Crippen molar-refractivity contribution in [1.82, 2.24) is 14.3 Å². The van der Waals surface area contributed by atoms with Gasteiger partial charge in [0, 0.05) is 13.0 Å². The largest absolute Gasteiger partial charge is 0.342 e. The van der Waals surface area contributed by atoms with E-state index in [2.05, 4.69) is 11.1 Å². The highest BCUT2D eigenvalue weighted by atomic mass is 32.2. The van der Waals surface area contributed by atoms with E-state index < -0.39 is 10.0 Å². The highest BCUT2D eigenvalue weighted by Gasteiger charge is 2.36. The van der Waals surface area contributed by atoms with Gasteiger partial charge < -0.3 is 4.98 Å². The highest BCUT2D eigenvalue weighted by Crippen LogP contribution is 2.36. The van der Waals surface area contributed by atoms with Crippen molar-refractivity contribution in [3.05, 3.63) is 95.8 Å². The molecule has 4 aromatic rings. The number of imidazole rings is 1. The number of para-hydroxylation sites is 2. The van der Waals surface area contributed by atoms with Crippen molar-refractivity contribution in [2.45, 2.75) is 23.8 Å². The third kappa shape index (κ3) is 3.24. The minimum atomic E-state index is -3.61. The second-order valence-corrected chi connectivity index (χ2v) is 9.19. The van der Waals surface area contributed by atoms with E-state index in [-0.39, 0.29) is 6.04 Å². The molecule has 5 nitrogen and oxygen atoms in total. The van der Waals surface area contributed by atoms with Crippen molar-refractivity contribution in [3.8, 4) is 0 Å². The summed E-state index contributed by atoms with van der Waals surface area (Å²) in [5, 5.41) is 0. The van der Waals surface area contributed by atoms with Crippen LogP contribution < -0.4 is 0 Å². The number of hydrogen-bond acceptors (Lipinski definition) is 3. The summed E-state index contributed by atoms with van der Waals surface area (Å²) in [6.07, 6.45) is 1.20. The van der Waals surface area contributed by atoms with Gasteiger partial charge in [-0.1, -0.05) is 54.6 Å². The first-order valence-electron chi connectivity index (χ1n) is 9.71. The molecule has 1 aromatic heterocycles. The van der Waals surface area contributed by atoms with E-state index in [1.165, 1.54) is 5.56 Å². The van der Waals surface area contributed by atoms with Crippen LogP contribution in [-0.2, 0) is 22.9 Å². The van der Waals surface area contributed by atoms with E-state index in [1.54, 1.807) is 28.6 Å². The zero-order valence-electron chi connectivity index (χ0n) is 15.8. The minimum absolute atomic E-state index is 0.300. The van der Waals surface area contributed by atoms with Crippen LogP contribution in [0.25, 0.3) is 11.0 Å². The number of aromatic nitrogens is 2. The van der Waals surface area contributed by atoms with Gasteiger partial charge in [0.05, 0.1) is 22.0 Å². The summed E-state index contributed by atoms with van der Waals surface area (Å²) in [5.41, 5.74) is 4.11. The maximum atomic E-state index is 13.5. The highest BCUT2D eigenvalue weighted by molar-refractivity contribution is 7.89. The molecule has 0 aliphatic carbocycles. The molecule has 0 fully saturated rings. The lowest BCUT2D eigenvalue weighted by Crippen LogP contribution is -2.41. The van der Waals surface area contributed by atoms with Crippen LogP contribution in [-0.4, -0.2) is 29.2 Å². The van der Waals surface area contributed by atoms with E-state index in [1.807, 2.05) is 48.5 Å². The number of hydrogen-bond donors (Lipinski definition) is 1. The summed E-state index contributed by atoms with van der Waals surface area (Å²) < 4.78 is 28.6. The molecule has 3 aromatic carbocycles. The van der Waals surface area contributed by atoms with Gasteiger partial charge in [-0.25, -0.2) is 13.4 Å². The monoisotopic (exact) mass is 403 g/mol. The molecule has 0 bridgehead atoms. The first-order valence-corrected chi connectivity index (χ1v) is 11.2. The summed E-state index contributed by atoms with van der Waals surface area (Å²) in [6, 6.07) is 24.4. The Balaban J connectivity index is 1.59. The van der Waals surface area contributed by atoms with Crippen LogP contribution in [0.5, 0.6) is 0 Å². The van der Waals surface area contributed by atoms with Crippen LogP contribution >= 0.6 is 0 Å². The molecule has 1 aliphatic rings. The second kappa shape index (κ2) is 7.13. The molecule has 5 rings (SSSR count). The molecule has 1 unspecified atom stereocenters. The molecule has 146 valence electrons. The molecule has 1 aliphatic heterocycles. The van der Waals surface area contributed by atoms with Gasteiger partial charge in [-0.3, -0.25) is 0 Å². The molecule has 0 radical (unpaired) electrons. The SMILES string of the molecule is O=S(=O)(c1ccccc1)N1CCc2ccccc2C1Cc1nc2ccccc2[nH]1. The summed E-state index contributed by atoms with van der Waals surface area (Å²) >= 11 is 0. The molecule has 0 amide bonds. The Morgan fingerprint density at radius 3 is 2.48 bits per heavy atom. The maximum Gasteiger partial charge on any atom is 0.243 e. The predicted octanol–water partition coefficient (Wildman–Crippen LogP) is 4.09. The lowest BCUT2D eigenvalue weighted by molar-refractivity contribution is 0.303. The van der Waals surface area contributed by atoms with Crippen molar-refractivity contribution in [2.24, 2.45) is 0 Å². The molecule has 0 saturated carbocycles. The molecular weight excluding hydrogens is 382 g/mol. The molecule has 0 spiro atoms. The average Bonchev–Trinajstić information content (AvgIpc) is 3.17. The summed E-state index contributed by atoms with van der Waals surface area (Å²) in [4.78, 5) is 8.37. The van der Waals surface area contributed by atoms with Gasteiger partial charge in [0.1, 0.15) is 5.82 Å². The van der Waals surface area contributed by atoms with Gasteiger partial charge in [0.15, 0.2) is 0 Å². The van der Waals surface area contributed by atoms with Gasteiger partial charge in [0.2, 0.25) is 10.0 Å². The molecule has 29 heavy (non-hydrogen) atoms. The third-order valence-corrected chi connectivity index (χ3v) is 7.46. The van der Waals surface area contributed by atoms with Crippen LogP contribution in [0.3, 0.4) is 0 Å². The number of nitrogens with zero attached hydrogens (tertiary/aromatic N) is 2. The average molecular weight is 404 g/mol. The van der Waals surface area contributed by atoms with E-state index in [0.717, 1.165) is 22.4 Å². The Kier molecular flexibility index (Phi) is 4.45. The number of aromatic amines is 1. The van der Waals surface area contributed by atoms with Crippen molar-refractivity contribution < 1.29 is 8.42 Å². The zero-order valence-corrected chi connectivity index (χ0v) is 16.6. The normalized spacial score (nSPS) is 17.3. The lowest BCUT2D eigenvalue weighted by Gasteiger charge is -2.36. The smallest absolute Gasteiger partial charge is 0.243 e. The quantitative estimate of drug-likeness (QED) is 0.558.